The quantitative estimate of drug-likeness (QED) is 0.530. The first-order valence-corrected chi connectivity index (χ1v) is 10.5. The molecule has 3 rings (SSSR count). The van der Waals surface area contributed by atoms with Crippen LogP contribution in [0.2, 0.25) is 0 Å². The van der Waals surface area contributed by atoms with E-state index in [0.29, 0.717) is 12.4 Å². The average Bonchev–Trinajstić information content (AvgIpc) is 2.78. The number of nitrogens with zero attached hydrogens (tertiary/aromatic N) is 1. The van der Waals surface area contributed by atoms with E-state index in [1.807, 2.05) is 25.1 Å². The number of methoxy groups -OCH3 is 1. The van der Waals surface area contributed by atoms with Crippen LogP contribution < -0.4 is 20.1 Å². The summed E-state index contributed by atoms with van der Waals surface area (Å²) in [7, 11) is 3.43. The topological polar surface area (TPSA) is 64.1 Å². The lowest BCUT2D eigenvalue weighted by molar-refractivity contribution is 0.0512. The van der Waals surface area contributed by atoms with Gasteiger partial charge in [-0.25, -0.2) is 0 Å². The van der Waals surface area contributed by atoms with E-state index in [2.05, 4.69) is 46.8 Å². The van der Waals surface area contributed by atoms with E-state index >= 15 is 0 Å². The second kappa shape index (κ2) is 10.3. The van der Waals surface area contributed by atoms with Gasteiger partial charge in [-0.2, -0.15) is 0 Å². The Morgan fingerprint density at radius 3 is 2.57 bits per heavy atom. The van der Waals surface area contributed by atoms with Gasteiger partial charge >= 0.3 is 0 Å². The van der Waals surface area contributed by atoms with Gasteiger partial charge in [-0.15, -0.1) is 0 Å². The molecule has 30 heavy (non-hydrogen) atoms. The third-order valence-corrected chi connectivity index (χ3v) is 5.71. The Hall–Kier alpha value is -2.73. The minimum Gasteiger partial charge on any atom is -0.493 e. The van der Waals surface area contributed by atoms with Gasteiger partial charge in [0.25, 0.3) is 0 Å². The zero-order chi connectivity index (χ0) is 21.4. The molecule has 1 fully saturated rings. The van der Waals surface area contributed by atoms with E-state index in [1.165, 1.54) is 11.1 Å². The standard InChI is InChI=1S/C24H33N3O3/c1-5-30-21-11-10-19(16-22(21)28-4)27-23(25-3)26-17-24(12-14-29-15-13-24)20-9-7-6-8-18(20)2/h6-11,16H,5,12-15,17H2,1-4H3,(H2,25,26,27). The van der Waals surface area contributed by atoms with Gasteiger partial charge < -0.3 is 24.8 Å². The van der Waals surface area contributed by atoms with E-state index in [9.17, 15) is 0 Å². The fraction of sp³-hybridized carbons (Fsp3) is 0.458. The highest BCUT2D eigenvalue weighted by Gasteiger charge is 2.35. The minimum atomic E-state index is 0.0255. The van der Waals surface area contributed by atoms with Crippen LogP contribution in [-0.2, 0) is 10.2 Å². The summed E-state index contributed by atoms with van der Waals surface area (Å²) in [5, 5.41) is 6.91. The maximum Gasteiger partial charge on any atom is 0.195 e. The minimum absolute atomic E-state index is 0.0255. The summed E-state index contributed by atoms with van der Waals surface area (Å²) < 4.78 is 16.7. The third-order valence-electron chi connectivity index (χ3n) is 5.71. The average molecular weight is 412 g/mol. The molecule has 1 saturated heterocycles. The number of aliphatic imine (C=N–C) groups is 1. The summed E-state index contributed by atoms with van der Waals surface area (Å²) in [6.07, 6.45) is 1.97. The molecule has 1 heterocycles. The molecule has 0 bridgehead atoms. The summed E-state index contributed by atoms with van der Waals surface area (Å²) in [5.41, 5.74) is 3.62. The maximum absolute atomic E-state index is 5.67. The van der Waals surface area contributed by atoms with E-state index in [-0.39, 0.29) is 5.41 Å². The first-order chi connectivity index (χ1) is 14.6. The SMILES string of the molecule is CCOc1ccc(NC(=NC)NCC2(c3ccccc3C)CCOCC2)cc1OC. The lowest BCUT2D eigenvalue weighted by Gasteiger charge is -2.39. The van der Waals surface area contributed by atoms with Crippen molar-refractivity contribution in [3.63, 3.8) is 0 Å². The van der Waals surface area contributed by atoms with Gasteiger partial charge in [-0.05, 0) is 49.9 Å². The van der Waals surface area contributed by atoms with Gasteiger partial charge in [0, 0.05) is 44.0 Å². The number of ether oxygens (including phenoxy) is 3. The number of aryl methyl sites for hydroxylation is 1. The molecule has 0 unspecified atom stereocenters. The molecule has 1 aliphatic heterocycles. The number of rotatable bonds is 7. The summed E-state index contributed by atoms with van der Waals surface area (Å²) in [5.74, 6) is 2.15. The van der Waals surface area contributed by atoms with E-state index in [0.717, 1.165) is 50.0 Å². The molecule has 6 heteroatoms. The van der Waals surface area contributed by atoms with Crippen molar-refractivity contribution >= 4 is 11.6 Å². The number of nitrogens with one attached hydrogen (secondary N) is 2. The van der Waals surface area contributed by atoms with Gasteiger partial charge in [0.05, 0.1) is 13.7 Å². The molecule has 0 aromatic heterocycles. The Kier molecular flexibility index (Phi) is 7.57. The molecular formula is C24H33N3O3. The maximum atomic E-state index is 5.67. The molecule has 0 saturated carbocycles. The largest absolute Gasteiger partial charge is 0.493 e. The van der Waals surface area contributed by atoms with E-state index < -0.39 is 0 Å². The molecule has 2 aromatic rings. The van der Waals surface area contributed by atoms with Crippen LogP contribution in [0.3, 0.4) is 0 Å². The van der Waals surface area contributed by atoms with Gasteiger partial charge in [-0.1, -0.05) is 24.3 Å². The van der Waals surface area contributed by atoms with Crippen LogP contribution in [0, 0.1) is 6.92 Å². The summed E-state index contributed by atoms with van der Waals surface area (Å²) in [6, 6.07) is 14.4. The van der Waals surface area contributed by atoms with E-state index in [1.54, 1.807) is 14.2 Å². The molecule has 0 atom stereocenters. The predicted molar refractivity (Wildman–Crippen MR) is 122 cm³/mol. The van der Waals surface area contributed by atoms with E-state index in [4.69, 9.17) is 14.2 Å². The smallest absolute Gasteiger partial charge is 0.195 e. The number of anilines is 1. The van der Waals surface area contributed by atoms with Crippen molar-refractivity contribution in [3.05, 3.63) is 53.6 Å². The third kappa shape index (κ3) is 5.05. The molecule has 0 radical (unpaired) electrons. The highest BCUT2D eigenvalue weighted by atomic mass is 16.5. The number of hydrogen-bond acceptors (Lipinski definition) is 4. The highest BCUT2D eigenvalue weighted by Crippen LogP contribution is 2.36. The fourth-order valence-corrected chi connectivity index (χ4v) is 4.06. The van der Waals surface area contributed by atoms with Gasteiger partial charge in [0.15, 0.2) is 17.5 Å². The Morgan fingerprint density at radius 1 is 1.13 bits per heavy atom. The van der Waals surface area contributed by atoms with Gasteiger partial charge in [-0.3, -0.25) is 4.99 Å². The molecule has 162 valence electrons. The van der Waals surface area contributed by atoms with Crippen molar-refractivity contribution in [1.29, 1.82) is 0 Å². The van der Waals surface area contributed by atoms with Crippen molar-refractivity contribution in [1.82, 2.24) is 5.32 Å². The van der Waals surface area contributed by atoms with Crippen LogP contribution >= 0.6 is 0 Å². The lowest BCUT2D eigenvalue weighted by atomic mass is 9.72. The van der Waals surface area contributed by atoms with Crippen molar-refractivity contribution in [2.24, 2.45) is 4.99 Å². The Labute approximate surface area is 179 Å². The Bertz CT molecular complexity index is 861. The predicted octanol–water partition coefficient (Wildman–Crippen LogP) is 4.14. The first kappa shape index (κ1) is 22.0. The second-order valence-electron chi connectivity index (χ2n) is 7.56. The van der Waals surface area contributed by atoms with Crippen molar-refractivity contribution in [3.8, 4) is 11.5 Å². The van der Waals surface area contributed by atoms with Gasteiger partial charge in [0.2, 0.25) is 0 Å². The molecule has 0 spiro atoms. The zero-order valence-corrected chi connectivity index (χ0v) is 18.5. The van der Waals surface area contributed by atoms with Crippen LogP contribution in [0.15, 0.2) is 47.5 Å². The van der Waals surface area contributed by atoms with Crippen molar-refractivity contribution < 1.29 is 14.2 Å². The number of hydrogen-bond donors (Lipinski definition) is 2. The summed E-state index contributed by atoms with van der Waals surface area (Å²) >= 11 is 0. The molecule has 6 nitrogen and oxygen atoms in total. The first-order valence-electron chi connectivity index (χ1n) is 10.5. The molecule has 2 N–H and O–H groups in total. The van der Waals surface area contributed by atoms with Crippen LogP contribution in [0.5, 0.6) is 11.5 Å². The molecular weight excluding hydrogens is 378 g/mol. The highest BCUT2D eigenvalue weighted by molar-refractivity contribution is 5.94. The van der Waals surface area contributed by atoms with Crippen LogP contribution in [0.25, 0.3) is 0 Å². The monoisotopic (exact) mass is 411 g/mol. The summed E-state index contributed by atoms with van der Waals surface area (Å²) in [6.45, 7) is 7.08. The zero-order valence-electron chi connectivity index (χ0n) is 18.5. The lowest BCUT2D eigenvalue weighted by Crippen LogP contribution is -2.46. The van der Waals surface area contributed by atoms with Crippen LogP contribution in [-0.4, -0.2) is 46.5 Å². The number of benzene rings is 2. The summed E-state index contributed by atoms with van der Waals surface area (Å²) in [4.78, 5) is 4.42. The normalized spacial score (nSPS) is 16.1. The molecule has 0 amide bonds. The molecule has 2 aromatic carbocycles. The second-order valence-corrected chi connectivity index (χ2v) is 7.56. The van der Waals surface area contributed by atoms with Crippen LogP contribution in [0.4, 0.5) is 5.69 Å². The molecule has 0 aliphatic carbocycles. The number of guanidine groups is 1. The van der Waals surface area contributed by atoms with Gasteiger partial charge in [0.1, 0.15) is 0 Å². The van der Waals surface area contributed by atoms with Crippen molar-refractivity contribution in [2.45, 2.75) is 32.1 Å². The Balaban J connectivity index is 1.74. The van der Waals surface area contributed by atoms with Crippen molar-refractivity contribution in [2.75, 3.05) is 45.8 Å². The fourth-order valence-electron chi connectivity index (χ4n) is 4.06. The molecule has 1 aliphatic rings. The van der Waals surface area contributed by atoms with Crippen LogP contribution in [0.1, 0.15) is 30.9 Å². The Morgan fingerprint density at radius 2 is 1.90 bits per heavy atom.